The highest BCUT2D eigenvalue weighted by molar-refractivity contribution is 8.00. The van der Waals surface area contributed by atoms with Crippen molar-refractivity contribution in [1.29, 1.82) is 0 Å². The van der Waals surface area contributed by atoms with Crippen molar-refractivity contribution < 1.29 is 4.79 Å². The third-order valence-electron chi connectivity index (χ3n) is 4.96. The predicted molar refractivity (Wildman–Crippen MR) is 113 cm³/mol. The summed E-state index contributed by atoms with van der Waals surface area (Å²) in [6.45, 7) is 3.92. The zero-order chi connectivity index (χ0) is 19.8. The minimum atomic E-state index is -0.330. The molecule has 144 valence electrons. The maximum atomic E-state index is 13.4. The SMILES string of the molecule is Cc1ccc(C(=O)[C@H]2Sc3nnc(C)n3N[C@H]2c2ccc(N(C)C)cc2)cc1. The van der Waals surface area contributed by atoms with E-state index in [0.29, 0.717) is 10.7 Å². The summed E-state index contributed by atoms with van der Waals surface area (Å²) in [5, 5.41) is 8.75. The number of carbonyl (C=O) groups is 1. The first kappa shape index (κ1) is 18.6. The number of rotatable bonds is 4. The zero-order valence-corrected chi connectivity index (χ0v) is 17.2. The smallest absolute Gasteiger partial charge is 0.210 e. The Morgan fingerprint density at radius 3 is 2.36 bits per heavy atom. The minimum absolute atomic E-state index is 0.0890. The van der Waals surface area contributed by atoms with Crippen LogP contribution in [0.3, 0.4) is 0 Å². The summed E-state index contributed by atoms with van der Waals surface area (Å²) in [4.78, 5) is 15.4. The van der Waals surface area contributed by atoms with Crippen LogP contribution < -0.4 is 10.3 Å². The van der Waals surface area contributed by atoms with E-state index in [-0.39, 0.29) is 17.1 Å². The summed E-state index contributed by atoms with van der Waals surface area (Å²) in [6.07, 6.45) is 0. The molecule has 28 heavy (non-hydrogen) atoms. The van der Waals surface area contributed by atoms with Crippen molar-refractivity contribution in [1.82, 2.24) is 14.9 Å². The molecule has 1 aliphatic rings. The van der Waals surface area contributed by atoms with Crippen molar-refractivity contribution in [3.63, 3.8) is 0 Å². The molecule has 0 unspecified atom stereocenters. The number of anilines is 1. The molecule has 1 aromatic heterocycles. The minimum Gasteiger partial charge on any atom is -0.378 e. The van der Waals surface area contributed by atoms with E-state index in [0.717, 1.165) is 22.6 Å². The average molecular weight is 394 g/mol. The number of fused-ring (bicyclic) bond motifs is 1. The molecule has 2 atom stereocenters. The number of ketones is 1. The van der Waals surface area contributed by atoms with Crippen molar-refractivity contribution in [3.05, 3.63) is 71.0 Å². The fourth-order valence-corrected chi connectivity index (χ4v) is 4.47. The van der Waals surface area contributed by atoms with E-state index >= 15 is 0 Å². The summed E-state index contributed by atoms with van der Waals surface area (Å²) in [5.41, 5.74) is 7.49. The van der Waals surface area contributed by atoms with Gasteiger partial charge < -0.3 is 10.3 Å². The van der Waals surface area contributed by atoms with Gasteiger partial charge in [0, 0.05) is 25.3 Å². The second-order valence-corrected chi connectivity index (χ2v) is 8.34. The number of thioether (sulfide) groups is 1. The standard InChI is InChI=1S/C21H23N5OS/c1-13-5-7-16(8-6-13)19(27)20-18(15-9-11-17(12-10-15)25(3)4)24-26-14(2)22-23-21(26)28-20/h5-12,18,20,24H,1-4H3/t18-,20-/m0/s1. The van der Waals surface area contributed by atoms with Crippen LogP contribution in [0.1, 0.15) is 33.4 Å². The monoisotopic (exact) mass is 393 g/mol. The second kappa shape index (κ2) is 7.31. The first-order valence-electron chi connectivity index (χ1n) is 9.17. The summed E-state index contributed by atoms with van der Waals surface area (Å²) in [6, 6.07) is 15.9. The molecule has 7 heteroatoms. The van der Waals surface area contributed by atoms with Crippen molar-refractivity contribution in [2.75, 3.05) is 24.4 Å². The van der Waals surface area contributed by atoms with Crippen molar-refractivity contribution in [3.8, 4) is 0 Å². The molecule has 0 bridgehead atoms. The first-order valence-corrected chi connectivity index (χ1v) is 10.1. The van der Waals surface area contributed by atoms with E-state index in [1.807, 2.05) is 56.9 Å². The highest BCUT2D eigenvalue weighted by Gasteiger charge is 2.37. The summed E-state index contributed by atoms with van der Waals surface area (Å²) >= 11 is 1.47. The van der Waals surface area contributed by atoms with Gasteiger partial charge >= 0.3 is 0 Å². The third kappa shape index (κ3) is 3.38. The highest BCUT2D eigenvalue weighted by Crippen LogP contribution is 2.38. The normalized spacial score (nSPS) is 18.3. The van der Waals surface area contributed by atoms with Crippen molar-refractivity contribution in [2.45, 2.75) is 30.3 Å². The number of Topliss-reactive ketones (excluding diaryl/α,β-unsaturated/α-hetero) is 1. The van der Waals surface area contributed by atoms with Gasteiger partial charge in [-0.15, -0.1) is 10.2 Å². The maximum absolute atomic E-state index is 13.4. The molecule has 0 spiro atoms. The molecule has 1 aliphatic heterocycles. The highest BCUT2D eigenvalue weighted by atomic mass is 32.2. The summed E-state index contributed by atoms with van der Waals surface area (Å²) < 4.78 is 1.87. The molecule has 0 radical (unpaired) electrons. The van der Waals surface area contributed by atoms with Crippen LogP contribution in [0, 0.1) is 13.8 Å². The van der Waals surface area contributed by atoms with Crippen LogP contribution in [-0.4, -0.2) is 40.0 Å². The Morgan fingerprint density at radius 1 is 1.04 bits per heavy atom. The number of nitrogens with one attached hydrogen (secondary N) is 1. The lowest BCUT2D eigenvalue weighted by Gasteiger charge is -2.33. The first-order chi connectivity index (χ1) is 13.4. The Hall–Kier alpha value is -2.80. The van der Waals surface area contributed by atoms with Gasteiger partial charge in [-0.3, -0.25) is 4.79 Å². The Kier molecular flexibility index (Phi) is 4.85. The van der Waals surface area contributed by atoms with Crippen molar-refractivity contribution >= 4 is 23.2 Å². The van der Waals surface area contributed by atoms with E-state index in [4.69, 9.17) is 0 Å². The molecule has 2 aromatic carbocycles. The van der Waals surface area contributed by atoms with E-state index < -0.39 is 0 Å². The Morgan fingerprint density at radius 2 is 1.71 bits per heavy atom. The number of benzene rings is 2. The van der Waals surface area contributed by atoms with Crippen LogP contribution >= 0.6 is 11.8 Å². The number of aromatic nitrogens is 3. The maximum Gasteiger partial charge on any atom is 0.210 e. The van der Waals surface area contributed by atoms with Gasteiger partial charge in [0.05, 0.1) is 6.04 Å². The Labute approximate surface area is 168 Å². The molecule has 4 rings (SSSR count). The molecular weight excluding hydrogens is 370 g/mol. The van der Waals surface area contributed by atoms with Gasteiger partial charge in [0.25, 0.3) is 0 Å². The van der Waals surface area contributed by atoms with Crippen molar-refractivity contribution in [2.24, 2.45) is 0 Å². The molecule has 0 saturated heterocycles. The molecule has 3 aromatic rings. The van der Waals surface area contributed by atoms with Gasteiger partial charge in [0.2, 0.25) is 5.16 Å². The van der Waals surface area contributed by atoms with Gasteiger partial charge in [-0.05, 0) is 31.5 Å². The summed E-state index contributed by atoms with van der Waals surface area (Å²) in [7, 11) is 4.03. The van der Waals surface area contributed by atoms with E-state index in [9.17, 15) is 4.79 Å². The molecule has 2 heterocycles. The number of carbonyl (C=O) groups excluding carboxylic acids is 1. The summed E-state index contributed by atoms with van der Waals surface area (Å²) in [5.74, 6) is 0.865. The molecule has 0 aliphatic carbocycles. The quantitative estimate of drug-likeness (QED) is 0.684. The molecular formula is C21H23N5OS. The topological polar surface area (TPSA) is 63.1 Å². The lowest BCUT2D eigenvalue weighted by Crippen LogP contribution is -2.39. The molecule has 0 saturated carbocycles. The van der Waals surface area contributed by atoms with Gasteiger partial charge in [0.15, 0.2) is 5.78 Å². The Bertz CT molecular complexity index is 995. The van der Waals surface area contributed by atoms with Crippen LogP contribution in [0.25, 0.3) is 0 Å². The van der Waals surface area contributed by atoms with E-state index in [2.05, 4.69) is 44.8 Å². The van der Waals surface area contributed by atoms with Crippen LogP contribution in [0.4, 0.5) is 5.69 Å². The fourth-order valence-electron chi connectivity index (χ4n) is 3.27. The van der Waals surface area contributed by atoms with Gasteiger partial charge in [-0.2, -0.15) is 0 Å². The second-order valence-electron chi connectivity index (χ2n) is 7.23. The van der Waals surface area contributed by atoms with Crippen LogP contribution in [0.15, 0.2) is 53.7 Å². The molecule has 0 amide bonds. The number of nitrogens with zero attached hydrogens (tertiary/aromatic N) is 4. The van der Waals surface area contributed by atoms with Crippen LogP contribution in [-0.2, 0) is 0 Å². The van der Waals surface area contributed by atoms with Gasteiger partial charge in [0.1, 0.15) is 11.1 Å². The van der Waals surface area contributed by atoms with E-state index in [1.165, 1.54) is 11.8 Å². The molecule has 6 nitrogen and oxygen atoms in total. The van der Waals surface area contributed by atoms with Gasteiger partial charge in [-0.25, -0.2) is 4.68 Å². The number of aryl methyl sites for hydroxylation is 2. The number of hydrogen-bond acceptors (Lipinski definition) is 6. The fraction of sp³-hybridized carbons (Fsp3) is 0.286. The number of hydrogen-bond donors (Lipinski definition) is 1. The molecule has 0 fully saturated rings. The molecule has 1 N–H and O–H groups in total. The largest absolute Gasteiger partial charge is 0.378 e. The predicted octanol–water partition coefficient (Wildman–Crippen LogP) is 3.60. The third-order valence-corrected chi connectivity index (χ3v) is 6.18. The van der Waals surface area contributed by atoms with E-state index in [1.54, 1.807) is 0 Å². The zero-order valence-electron chi connectivity index (χ0n) is 16.4. The van der Waals surface area contributed by atoms with Crippen LogP contribution in [0.5, 0.6) is 0 Å². The van der Waals surface area contributed by atoms with Crippen LogP contribution in [0.2, 0.25) is 0 Å². The lowest BCUT2D eigenvalue weighted by molar-refractivity contribution is 0.0980. The average Bonchev–Trinajstić information content (AvgIpc) is 3.07. The Balaban J connectivity index is 1.72. The lowest BCUT2D eigenvalue weighted by atomic mass is 9.97. The van der Waals surface area contributed by atoms with Gasteiger partial charge in [-0.1, -0.05) is 53.7 Å².